The van der Waals surface area contributed by atoms with Gasteiger partial charge in [0.1, 0.15) is 0 Å². The van der Waals surface area contributed by atoms with E-state index in [1.807, 2.05) is 62.4 Å². The van der Waals surface area contributed by atoms with E-state index in [1.165, 1.54) is 0 Å². The van der Waals surface area contributed by atoms with Crippen molar-refractivity contribution in [3.05, 3.63) is 95.1 Å². The van der Waals surface area contributed by atoms with E-state index in [1.54, 1.807) is 24.3 Å². The van der Waals surface area contributed by atoms with Gasteiger partial charge in [0, 0.05) is 16.9 Å². The van der Waals surface area contributed by atoms with Crippen LogP contribution in [-0.2, 0) is 11.2 Å². The Labute approximate surface area is 159 Å². The first-order valence-electron chi connectivity index (χ1n) is 8.84. The number of anilines is 2. The highest BCUT2D eigenvalue weighted by Crippen LogP contribution is 2.21. The minimum absolute atomic E-state index is 0.0650. The fourth-order valence-corrected chi connectivity index (χ4v) is 2.85. The van der Waals surface area contributed by atoms with Gasteiger partial charge in [-0.25, -0.2) is 0 Å². The lowest BCUT2D eigenvalue weighted by molar-refractivity contribution is -0.115. The Balaban J connectivity index is 1.65. The molecule has 0 heterocycles. The summed E-state index contributed by atoms with van der Waals surface area (Å²) in [6.45, 7) is 3.90. The van der Waals surface area contributed by atoms with E-state index in [0.717, 1.165) is 22.4 Å². The Bertz CT molecular complexity index is 965. The van der Waals surface area contributed by atoms with E-state index in [9.17, 15) is 9.59 Å². The molecule has 0 saturated heterocycles. The third-order valence-electron chi connectivity index (χ3n) is 4.41. The summed E-state index contributed by atoms with van der Waals surface area (Å²) in [5.74, 6) is -0.222. The number of hydrogen-bond acceptors (Lipinski definition) is 2. The van der Waals surface area contributed by atoms with Gasteiger partial charge < -0.3 is 10.6 Å². The lowest BCUT2D eigenvalue weighted by Crippen LogP contribution is -2.16. The van der Waals surface area contributed by atoms with Crippen LogP contribution in [0.25, 0.3) is 0 Å². The average molecular weight is 358 g/mol. The van der Waals surface area contributed by atoms with Crippen LogP contribution in [0.4, 0.5) is 11.4 Å². The summed E-state index contributed by atoms with van der Waals surface area (Å²) >= 11 is 0. The molecule has 0 bridgehead atoms. The normalized spacial score (nSPS) is 10.3. The van der Waals surface area contributed by atoms with E-state index >= 15 is 0 Å². The number of nitrogens with one attached hydrogen (secondary N) is 2. The molecule has 0 spiro atoms. The summed E-state index contributed by atoms with van der Waals surface area (Å²) in [4.78, 5) is 24.6. The summed E-state index contributed by atoms with van der Waals surface area (Å²) in [5.41, 5.74) is 5.03. The first-order valence-corrected chi connectivity index (χ1v) is 8.84. The SMILES string of the molecule is Cc1ccccc1CC(=O)Nc1ccc(NC(=O)c2ccccc2)c(C)c1. The molecule has 0 radical (unpaired) electrons. The van der Waals surface area contributed by atoms with Gasteiger partial charge in [-0.1, -0.05) is 42.5 Å². The Morgan fingerprint density at radius 2 is 1.48 bits per heavy atom. The summed E-state index contributed by atoms with van der Waals surface area (Å²) in [6, 6.07) is 22.4. The molecule has 0 aliphatic carbocycles. The van der Waals surface area contributed by atoms with Crippen molar-refractivity contribution in [2.45, 2.75) is 20.3 Å². The number of rotatable bonds is 5. The largest absolute Gasteiger partial charge is 0.326 e. The van der Waals surface area contributed by atoms with Gasteiger partial charge in [-0.15, -0.1) is 0 Å². The van der Waals surface area contributed by atoms with E-state index in [-0.39, 0.29) is 11.8 Å². The Morgan fingerprint density at radius 1 is 0.778 bits per heavy atom. The van der Waals surface area contributed by atoms with Crippen LogP contribution in [0.3, 0.4) is 0 Å². The molecule has 0 saturated carbocycles. The Hall–Kier alpha value is -3.40. The van der Waals surface area contributed by atoms with Crippen molar-refractivity contribution in [2.24, 2.45) is 0 Å². The molecule has 4 nitrogen and oxygen atoms in total. The molecule has 0 unspecified atom stereocenters. The number of amides is 2. The van der Waals surface area contributed by atoms with Crippen LogP contribution in [0, 0.1) is 13.8 Å². The molecule has 0 aliphatic heterocycles. The van der Waals surface area contributed by atoms with Crippen LogP contribution in [-0.4, -0.2) is 11.8 Å². The number of aryl methyl sites for hydroxylation is 2. The van der Waals surface area contributed by atoms with Crippen LogP contribution >= 0.6 is 0 Å². The molecule has 3 aromatic carbocycles. The quantitative estimate of drug-likeness (QED) is 0.692. The minimum atomic E-state index is -0.157. The molecule has 0 fully saturated rings. The summed E-state index contributed by atoms with van der Waals surface area (Å²) in [7, 11) is 0. The lowest BCUT2D eigenvalue weighted by Gasteiger charge is -2.12. The monoisotopic (exact) mass is 358 g/mol. The summed E-state index contributed by atoms with van der Waals surface area (Å²) in [5, 5.41) is 5.82. The first kappa shape index (κ1) is 18.4. The molecule has 0 aliphatic rings. The van der Waals surface area contributed by atoms with Gasteiger partial charge in [-0.05, 0) is 60.9 Å². The molecular formula is C23H22N2O2. The van der Waals surface area contributed by atoms with Crippen LogP contribution in [0.2, 0.25) is 0 Å². The third kappa shape index (κ3) is 4.82. The number of carbonyl (C=O) groups excluding carboxylic acids is 2. The summed E-state index contributed by atoms with van der Waals surface area (Å²) < 4.78 is 0. The van der Waals surface area contributed by atoms with Gasteiger partial charge in [-0.3, -0.25) is 9.59 Å². The van der Waals surface area contributed by atoms with Crippen LogP contribution < -0.4 is 10.6 Å². The van der Waals surface area contributed by atoms with E-state index < -0.39 is 0 Å². The van der Waals surface area contributed by atoms with Crippen molar-refractivity contribution in [2.75, 3.05) is 10.6 Å². The third-order valence-corrected chi connectivity index (χ3v) is 4.41. The molecule has 4 heteroatoms. The molecule has 3 rings (SSSR count). The molecule has 3 aromatic rings. The van der Waals surface area contributed by atoms with Crippen LogP contribution in [0.15, 0.2) is 72.8 Å². The number of benzene rings is 3. The predicted octanol–water partition coefficient (Wildman–Crippen LogP) is 4.74. The maximum atomic E-state index is 12.3. The predicted molar refractivity (Wildman–Crippen MR) is 109 cm³/mol. The van der Waals surface area contributed by atoms with Gasteiger partial charge in [0.25, 0.3) is 5.91 Å². The fourth-order valence-electron chi connectivity index (χ4n) is 2.85. The van der Waals surface area contributed by atoms with Crippen LogP contribution in [0.5, 0.6) is 0 Å². The maximum absolute atomic E-state index is 12.3. The van der Waals surface area contributed by atoms with E-state index in [0.29, 0.717) is 17.7 Å². The topological polar surface area (TPSA) is 58.2 Å². The van der Waals surface area contributed by atoms with Crippen molar-refractivity contribution in [3.8, 4) is 0 Å². The molecular weight excluding hydrogens is 336 g/mol. The van der Waals surface area contributed by atoms with E-state index in [4.69, 9.17) is 0 Å². The van der Waals surface area contributed by atoms with Gasteiger partial charge in [0.2, 0.25) is 5.91 Å². The molecule has 0 atom stereocenters. The smallest absolute Gasteiger partial charge is 0.255 e. The van der Waals surface area contributed by atoms with Crippen LogP contribution in [0.1, 0.15) is 27.0 Å². The Morgan fingerprint density at radius 3 is 2.19 bits per heavy atom. The molecule has 0 aromatic heterocycles. The second kappa shape index (κ2) is 8.32. The zero-order valence-electron chi connectivity index (χ0n) is 15.5. The first-order chi connectivity index (χ1) is 13.0. The second-order valence-electron chi connectivity index (χ2n) is 6.50. The highest BCUT2D eigenvalue weighted by atomic mass is 16.2. The van der Waals surface area contributed by atoms with Crippen molar-refractivity contribution in [3.63, 3.8) is 0 Å². The average Bonchev–Trinajstić information content (AvgIpc) is 2.66. The summed E-state index contributed by atoms with van der Waals surface area (Å²) in [6.07, 6.45) is 0.332. The highest BCUT2D eigenvalue weighted by Gasteiger charge is 2.10. The second-order valence-corrected chi connectivity index (χ2v) is 6.50. The maximum Gasteiger partial charge on any atom is 0.255 e. The highest BCUT2D eigenvalue weighted by molar-refractivity contribution is 6.04. The fraction of sp³-hybridized carbons (Fsp3) is 0.130. The molecule has 136 valence electrons. The van der Waals surface area contributed by atoms with Gasteiger partial charge >= 0.3 is 0 Å². The van der Waals surface area contributed by atoms with Crippen molar-refractivity contribution in [1.29, 1.82) is 0 Å². The Kier molecular flexibility index (Phi) is 5.67. The molecule has 2 amide bonds. The zero-order chi connectivity index (χ0) is 19.2. The molecule has 2 N–H and O–H groups in total. The zero-order valence-corrected chi connectivity index (χ0v) is 15.5. The lowest BCUT2D eigenvalue weighted by atomic mass is 10.1. The van der Waals surface area contributed by atoms with Gasteiger partial charge in [-0.2, -0.15) is 0 Å². The van der Waals surface area contributed by atoms with Crippen molar-refractivity contribution in [1.82, 2.24) is 0 Å². The van der Waals surface area contributed by atoms with Crippen molar-refractivity contribution < 1.29 is 9.59 Å². The standard InChI is InChI=1S/C23H22N2O2/c1-16-8-6-7-11-19(16)15-22(26)24-20-12-13-21(17(2)14-20)25-23(27)18-9-4-3-5-10-18/h3-14H,15H2,1-2H3,(H,24,26)(H,25,27). The number of carbonyl (C=O) groups is 2. The molecule has 27 heavy (non-hydrogen) atoms. The van der Waals surface area contributed by atoms with Crippen molar-refractivity contribution >= 4 is 23.2 Å². The number of hydrogen-bond donors (Lipinski definition) is 2. The minimum Gasteiger partial charge on any atom is -0.326 e. The van der Waals surface area contributed by atoms with E-state index in [2.05, 4.69) is 10.6 Å². The van der Waals surface area contributed by atoms with Gasteiger partial charge in [0.15, 0.2) is 0 Å². The van der Waals surface area contributed by atoms with Gasteiger partial charge in [0.05, 0.1) is 6.42 Å².